The Balaban J connectivity index is 1.39. The summed E-state index contributed by atoms with van der Waals surface area (Å²) in [6.07, 6.45) is 6.28. The van der Waals surface area contributed by atoms with E-state index >= 15 is 0 Å². The number of benzene rings is 1. The fraction of sp³-hybridized carbons (Fsp3) is 0.500. The molecule has 2 unspecified atom stereocenters. The van der Waals surface area contributed by atoms with Crippen molar-refractivity contribution in [3.63, 3.8) is 0 Å². The number of carboxylic acids is 1. The Kier molecular flexibility index (Phi) is 5.05. The number of hydrogen-bond donors (Lipinski definition) is 4. The number of phenols is 2. The second kappa shape index (κ2) is 7.43. The first kappa shape index (κ1) is 20.4. The van der Waals surface area contributed by atoms with Crippen LogP contribution in [0.2, 0.25) is 0 Å². The molecule has 2 aliphatic heterocycles. The first-order valence-electron chi connectivity index (χ1n) is 10.1. The Morgan fingerprint density at radius 1 is 1.27 bits per heavy atom. The summed E-state index contributed by atoms with van der Waals surface area (Å²) in [6.45, 7) is 1.92. The molecule has 2 saturated heterocycles. The molecule has 2 bridgehead atoms. The van der Waals surface area contributed by atoms with Crippen molar-refractivity contribution in [1.29, 1.82) is 0 Å². The van der Waals surface area contributed by atoms with Crippen LogP contribution in [0.3, 0.4) is 0 Å². The van der Waals surface area contributed by atoms with E-state index in [2.05, 4.69) is 12.2 Å². The van der Waals surface area contributed by atoms with E-state index in [1.807, 2.05) is 6.08 Å². The molecule has 0 radical (unpaired) electrons. The van der Waals surface area contributed by atoms with Gasteiger partial charge in [0, 0.05) is 23.7 Å². The molecule has 160 valence electrons. The number of fused-ring (bicyclic) bond motifs is 5. The molecule has 0 aromatic heterocycles. The average Bonchev–Trinajstić information content (AvgIpc) is 3.27. The van der Waals surface area contributed by atoms with Gasteiger partial charge in [-0.05, 0) is 37.5 Å². The van der Waals surface area contributed by atoms with Gasteiger partial charge in [-0.15, -0.1) is 0 Å². The Labute approximate surface area is 173 Å². The van der Waals surface area contributed by atoms with Crippen molar-refractivity contribution in [3.05, 3.63) is 29.8 Å². The highest BCUT2D eigenvalue weighted by Crippen LogP contribution is 2.57. The van der Waals surface area contributed by atoms with Crippen molar-refractivity contribution in [2.45, 2.75) is 44.8 Å². The number of ketones is 2. The molecule has 0 spiro atoms. The van der Waals surface area contributed by atoms with Gasteiger partial charge in [0.1, 0.15) is 17.0 Å². The number of carboxylic acid groups (broad SMARTS) is 1. The predicted octanol–water partition coefficient (Wildman–Crippen LogP) is 2.50. The van der Waals surface area contributed by atoms with Gasteiger partial charge < -0.3 is 25.4 Å². The van der Waals surface area contributed by atoms with E-state index in [1.54, 1.807) is 6.08 Å². The van der Waals surface area contributed by atoms with E-state index < -0.39 is 11.7 Å². The van der Waals surface area contributed by atoms with E-state index in [0.717, 1.165) is 25.0 Å². The number of aromatic carboxylic acids is 1. The van der Waals surface area contributed by atoms with Gasteiger partial charge in [-0.25, -0.2) is 4.79 Å². The first-order valence-corrected chi connectivity index (χ1v) is 10.1. The van der Waals surface area contributed by atoms with Crippen LogP contribution in [0, 0.1) is 17.3 Å². The largest absolute Gasteiger partial charge is 0.506 e. The quantitative estimate of drug-likeness (QED) is 0.499. The molecule has 1 aromatic rings. The minimum Gasteiger partial charge on any atom is -0.506 e. The van der Waals surface area contributed by atoms with Crippen LogP contribution < -0.4 is 5.32 Å². The third kappa shape index (κ3) is 3.25. The third-order valence-electron chi connectivity index (χ3n) is 6.85. The third-order valence-corrected chi connectivity index (χ3v) is 6.85. The van der Waals surface area contributed by atoms with E-state index in [9.17, 15) is 24.6 Å². The summed E-state index contributed by atoms with van der Waals surface area (Å²) in [5.41, 5.74) is -0.746. The summed E-state index contributed by atoms with van der Waals surface area (Å²) in [5.74, 6) is -2.69. The fourth-order valence-electron chi connectivity index (χ4n) is 5.31. The molecule has 2 heterocycles. The summed E-state index contributed by atoms with van der Waals surface area (Å²) < 4.78 is 6.07. The van der Waals surface area contributed by atoms with Crippen molar-refractivity contribution in [3.8, 4) is 11.5 Å². The molecule has 4 N–H and O–H groups in total. The Hall–Kier alpha value is -2.87. The van der Waals surface area contributed by atoms with Crippen LogP contribution in [0.15, 0.2) is 24.3 Å². The van der Waals surface area contributed by atoms with Gasteiger partial charge in [-0.1, -0.05) is 13.0 Å². The number of hydrogen-bond acceptors (Lipinski definition) is 7. The number of Topliss-reactive ketones (excluding diaryl/α,β-unsaturated/α-hetero) is 1. The lowest BCUT2D eigenvalue weighted by Gasteiger charge is -2.42. The molecule has 30 heavy (non-hydrogen) atoms. The molecular formula is C22H25NO7. The standard InChI is InChI=1S/C22H25NO7/c1-22-9-8-14(25)12(18(22)16-6-7-17(22)30-16)3-2-11(24)10-23-19-15(26)5-4-13(20(19)27)21(28)29/h4-5,8-9,12,16-18,23,26-27H,2-3,6-7,10H2,1H3,(H,28,29)/t12?,16-,17+,18?,22+/m0/s1. The highest BCUT2D eigenvalue weighted by molar-refractivity contribution is 5.95. The van der Waals surface area contributed by atoms with Gasteiger partial charge in [-0.3, -0.25) is 9.59 Å². The average molecular weight is 415 g/mol. The maximum atomic E-state index is 12.5. The van der Waals surface area contributed by atoms with Crippen LogP contribution in [0.1, 0.15) is 43.0 Å². The second-order valence-corrected chi connectivity index (χ2v) is 8.57. The molecule has 3 aliphatic rings. The summed E-state index contributed by atoms with van der Waals surface area (Å²) in [5, 5.41) is 31.6. The minimum absolute atomic E-state index is 0.0267. The van der Waals surface area contributed by atoms with E-state index in [0.29, 0.717) is 6.42 Å². The van der Waals surface area contributed by atoms with Crippen molar-refractivity contribution < 1.29 is 34.4 Å². The molecule has 4 rings (SSSR count). The molecule has 2 fully saturated rings. The van der Waals surface area contributed by atoms with Crippen molar-refractivity contribution in [2.75, 3.05) is 11.9 Å². The number of rotatable bonds is 7. The molecular weight excluding hydrogens is 390 g/mol. The van der Waals surface area contributed by atoms with Crippen LogP contribution in [-0.4, -0.2) is 51.6 Å². The lowest BCUT2D eigenvalue weighted by molar-refractivity contribution is -0.124. The van der Waals surface area contributed by atoms with Crippen LogP contribution in [0.4, 0.5) is 5.69 Å². The van der Waals surface area contributed by atoms with Crippen LogP contribution >= 0.6 is 0 Å². The number of carbonyl (C=O) groups is 3. The van der Waals surface area contributed by atoms with Gasteiger partial charge in [0.05, 0.1) is 18.8 Å². The maximum Gasteiger partial charge on any atom is 0.339 e. The fourth-order valence-corrected chi connectivity index (χ4v) is 5.31. The summed E-state index contributed by atoms with van der Waals surface area (Å²) in [4.78, 5) is 36.1. The number of allylic oxidation sites excluding steroid dienone is 1. The van der Waals surface area contributed by atoms with E-state index in [1.165, 1.54) is 0 Å². The van der Waals surface area contributed by atoms with Gasteiger partial charge in [0.2, 0.25) is 0 Å². The normalized spacial score (nSPS) is 31.6. The van der Waals surface area contributed by atoms with Crippen molar-refractivity contribution in [2.24, 2.45) is 17.3 Å². The van der Waals surface area contributed by atoms with Crippen LogP contribution in [0.5, 0.6) is 11.5 Å². The van der Waals surface area contributed by atoms with Crippen LogP contribution in [0.25, 0.3) is 0 Å². The Bertz CT molecular complexity index is 940. The lowest BCUT2D eigenvalue weighted by Crippen LogP contribution is -2.45. The predicted molar refractivity (Wildman–Crippen MR) is 107 cm³/mol. The Morgan fingerprint density at radius 3 is 2.77 bits per heavy atom. The first-order chi connectivity index (χ1) is 14.2. The topological polar surface area (TPSA) is 133 Å². The van der Waals surface area contributed by atoms with E-state index in [-0.39, 0.29) is 71.0 Å². The smallest absolute Gasteiger partial charge is 0.339 e. The molecule has 5 atom stereocenters. The lowest BCUT2D eigenvalue weighted by atomic mass is 9.58. The zero-order valence-corrected chi connectivity index (χ0v) is 16.6. The summed E-state index contributed by atoms with van der Waals surface area (Å²) >= 11 is 0. The molecule has 0 amide bonds. The molecule has 0 saturated carbocycles. The van der Waals surface area contributed by atoms with Crippen LogP contribution in [-0.2, 0) is 14.3 Å². The second-order valence-electron chi connectivity index (χ2n) is 8.57. The SMILES string of the molecule is C[C@]12C=CC(=O)C(CCC(=O)CNc3c(O)ccc(C(=O)O)c3O)C1[C@@H]1CC[C@H]2O1. The highest BCUT2D eigenvalue weighted by atomic mass is 16.5. The molecule has 8 nitrogen and oxygen atoms in total. The zero-order valence-electron chi connectivity index (χ0n) is 16.6. The highest BCUT2D eigenvalue weighted by Gasteiger charge is 2.60. The summed E-state index contributed by atoms with van der Waals surface area (Å²) in [6, 6.07) is 2.22. The number of phenolic OH excluding ortho intramolecular Hbond substituents is 1. The van der Waals surface area contributed by atoms with Gasteiger partial charge in [0.15, 0.2) is 17.3 Å². The Morgan fingerprint density at radius 2 is 2.03 bits per heavy atom. The number of anilines is 1. The zero-order chi connectivity index (χ0) is 21.6. The molecule has 8 heteroatoms. The van der Waals surface area contributed by atoms with Gasteiger partial charge >= 0.3 is 5.97 Å². The number of carbonyl (C=O) groups excluding carboxylic acids is 2. The van der Waals surface area contributed by atoms with E-state index in [4.69, 9.17) is 9.84 Å². The number of aromatic hydroxyl groups is 2. The minimum atomic E-state index is -1.35. The maximum absolute atomic E-state index is 12.5. The number of ether oxygens (including phenoxy) is 1. The summed E-state index contributed by atoms with van der Waals surface area (Å²) in [7, 11) is 0. The van der Waals surface area contributed by atoms with Crippen molar-refractivity contribution >= 4 is 23.2 Å². The monoisotopic (exact) mass is 415 g/mol. The van der Waals surface area contributed by atoms with Gasteiger partial charge in [0.25, 0.3) is 0 Å². The van der Waals surface area contributed by atoms with Gasteiger partial charge in [-0.2, -0.15) is 0 Å². The number of nitrogens with one attached hydrogen (secondary N) is 1. The molecule has 1 aliphatic carbocycles. The molecule has 1 aromatic carbocycles. The van der Waals surface area contributed by atoms with Crippen molar-refractivity contribution in [1.82, 2.24) is 0 Å².